The molecule has 0 spiro atoms. The Hall–Kier alpha value is -1.35. The summed E-state index contributed by atoms with van der Waals surface area (Å²) in [4.78, 5) is 11.8. The Bertz CT molecular complexity index is 397. The third-order valence-electron chi connectivity index (χ3n) is 3.26. The number of benzene rings is 1. The van der Waals surface area contributed by atoms with Crippen LogP contribution in [0.25, 0.3) is 0 Å². The molecule has 3 heteroatoms. The smallest absolute Gasteiger partial charge is 0.224 e. The number of aryl methyl sites for hydroxylation is 1. The molecule has 0 aliphatic heterocycles. The lowest BCUT2D eigenvalue weighted by Gasteiger charge is -2.15. The van der Waals surface area contributed by atoms with Gasteiger partial charge in [-0.3, -0.25) is 4.79 Å². The molecule has 16 heavy (non-hydrogen) atoms. The molecule has 0 heterocycles. The van der Waals surface area contributed by atoms with Crippen LogP contribution in [0, 0.1) is 6.92 Å². The minimum Gasteiger partial charge on any atom is -0.349 e. The second kappa shape index (κ2) is 4.26. The van der Waals surface area contributed by atoms with E-state index in [9.17, 15) is 4.79 Å². The fourth-order valence-electron chi connectivity index (χ4n) is 1.85. The van der Waals surface area contributed by atoms with Crippen LogP contribution in [0.15, 0.2) is 24.3 Å². The highest BCUT2D eigenvalue weighted by Crippen LogP contribution is 2.33. The molecule has 86 valence electrons. The third-order valence-corrected chi connectivity index (χ3v) is 3.26. The van der Waals surface area contributed by atoms with Crippen molar-refractivity contribution in [2.75, 3.05) is 6.54 Å². The van der Waals surface area contributed by atoms with E-state index in [0.717, 1.165) is 24.0 Å². The number of carbonyl (C=O) groups is 1. The quantitative estimate of drug-likeness (QED) is 0.796. The van der Waals surface area contributed by atoms with E-state index in [0.29, 0.717) is 13.0 Å². The summed E-state index contributed by atoms with van der Waals surface area (Å²) in [5.74, 6) is 0.0808. The minimum atomic E-state index is -0.0836. The first kappa shape index (κ1) is 11.1. The fourth-order valence-corrected chi connectivity index (χ4v) is 1.85. The van der Waals surface area contributed by atoms with Gasteiger partial charge in [0.2, 0.25) is 5.91 Å². The zero-order valence-electron chi connectivity index (χ0n) is 9.62. The SMILES string of the molecule is Cc1ccccc1CC(=O)NC1(CN)CC1. The molecule has 1 aliphatic carbocycles. The van der Waals surface area contributed by atoms with Gasteiger partial charge in [0, 0.05) is 6.54 Å². The molecule has 3 nitrogen and oxygen atoms in total. The van der Waals surface area contributed by atoms with Crippen molar-refractivity contribution in [3.05, 3.63) is 35.4 Å². The van der Waals surface area contributed by atoms with E-state index in [4.69, 9.17) is 5.73 Å². The summed E-state index contributed by atoms with van der Waals surface area (Å²) in [6.07, 6.45) is 2.49. The van der Waals surface area contributed by atoms with Crippen molar-refractivity contribution in [1.82, 2.24) is 5.32 Å². The summed E-state index contributed by atoms with van der Waals surface area (Å²) >= 11 is 0. The predicted octanol–water partition coefficient (Wildman–Crippen LogP) is 1.15. The lowest BCUT2D eigenvalue weighted by Crippen LogP contribution is -2.43. The number of rotatable bonds is 4. The van der Waals surface area contributed by atoms with Gasteiger partial charge in [0.1, 0.15) is 0 Å². The average Bonchev–Trinajstić information content (AvgIpc) is 3.02. The maximum Gasteiger partial charge on any atom is 0.224 e. The molecule has 1 saturated carbocycles. The van der Waals surface area contributed by atoms with Crippen LogP contribution in [0.4, 0.5) is 0 Å². The van der Waals surface area contributed by atoms with Gasteiger partial charge in [-0.15, -0.1) is 0 Å². The topological polar surface area (TPSA) is 55.1 Å². The van der Waals surface area contributed by atoms with E-state index in [2.05, 4.69) is 5.32 Å². The van der Waals surface area contributed by atoms with Gasteiger partial charge in [-0.2, -0.15) is 0 Å². The van der Waals surface area contributed by atoms with Crippen LogP contribution >= 0.6 is 0 Å². The number of carbonyl (C=O) groups excluding carboxylic acids is 1. The molecule has 0 radical (unpaired) electrons. The molecule has 0 atom stereocenters. The summed E-state index contributed by atoms with van der Waals surface area (Å²) in [7, 11) is 0. The van der Waals surface area contributed by atoms with Crippen LogP contribution in [0.1, 0.15) is 24.0 Å². The van der Waals surface area contributed by atoms with Crippen LogP contribution < -0.4 is 11.1 Å². The molecule has 0 bridgehead atoms. The minimum absolute atomic E-state index is 0.0808. The zero-order chi connectivity index (χ0) is 11.6. The number of nitrogens with one attached hydrogen (secondary N) is 1. The van der Waals surface area contributed by atoms with E-state index in [-0.39, 0.29) is 11.4 Å². The maximum absolute atomic E-state index is 11.8. The first-order valence-corrected chi connectivity index (χ1v) is 5.71. The van der Waals surface area contributed by atoms with Crippen molar-refractivity contribution in [3.63, 3.8) is 0 Å². The molecule has 1 aromatic rings. The van der Waals surface area contributed by atoms with Gasteiger partial charge in [0.05, 0.1) is 12.0 Å². The van der Waals surface area contributed by atoms with Crippen molar-refractivity contribution in [2.24, 2.45) is 5.73 Å². The number of nitrogens with two attached hydrogens (primary N) is 1. The first-order valence-electron chi connectivity index (χ1n) is 5.71. The van der Waals surface area contributed by atoms with Gasteiger partial charge < -0.3 is 11.1 Å². The Labute approximate surface area is 96.0 Å². The highest BCUT2D eigenvalue weighted by atomic mass is 16.1. The second-order valence-corrected chi connectivity index (χ2v) is 4.64. The Morgan fingerprint density at radius 1 is 1.44 bits per heavy atom. The Balaban J connectivity index is 1.95. The van der Waals surface area contributed by atoms with E-state index >= 15 is 0 Å². The van der Waals surface area contributed by atoms with Crippen molar-refractivity contribution < 1.29 is 4.79 Å². The summed E-state index contributed by atoms with van der Waals surface area (Å²) in [6.45, 7) is 2.57. The summed E-state index contributed by atoms with van der Waals surface area (Å²) in [5, 5.41) is 3.03. The Morgan fingerprint density at radius 3 is 2.69 bits per heavy atom. The lowest BCUT2D eigenvalue weighted by molar-refractivity contribution is -0.121. The lowest BCUT2D eigenvalue weighted by atomic mass is 10.1. The first-order chi connectivity index (χ1) is 7.65. The summed E-state index contributed by atoms with van der Waals surface area (Å²) in [5.41, 5.74) is 7.79. The largest absolute Gasteiger partial charge is 0.349 e. The summed E-state index contributed by atoms with van der Waals surface area (Å²) in [6, 6.07) is 7.97. The molecule has 1 aliphatic rings. The number of amides is 1. The van der Waals surface area contributed by atoms with Crippen molar-refractivity contribution in [2.45, 2.75) is 31.7 Å². The van der Waals surface area contributed by atoms with E-state index in [1.54, 1.807) is 0 Å². The van der Waals surface area contributed by atoms with E-state index in [1.165, 1.54) is 0 Å². The van der Waals surface area contributed by atoms with Crippen LogP contribution in [-0.4, -0.2) is 18.0 Å². The second-order valence-electron chi connectivity index (χ2n) is 4.64. The van der Waals surface area contributed by atoms with Gasteiger partial charge in [-0.25, -0.2) is 0 Å². The number of hydrogen-bond acceptors (Lipinski definition) is 2. The molecule has 1 fully saturated rings. The molecule has 1 amide bonds. The van der Waals surface area contributed by atoms with Crippen LogP contribution in [-0.2, 0) is 11.2 Å². The fraction of sp³-hybridized carbons (Fsp3) is 0.462. The molecule has 2 rings (SSSR count). The highest BCUT2D eigenvalue weighted by molar-refractivity contribution is 5.80. The molecule has 1 aromatic carbocycles. The molecular formula is C13H18N2O. The van der Waals surface area contributed by atoms with Gasteiger partial charge in [0.25, 0.3) is 0 Å². The number of hydrogen-bond donors (Lipinski definition) is 2. The zero-order valence-corrected chi connectivity index (χ0v) is 9.62. The third kappa shape index (κ3) is 2.42. The standard InChI is InChI=1S/C13H18N2O/c1-10-4-2-3-5-11(10)8-12(16)15-13(9-14)6-7-13/h2-5H,6-9,14H2,1H3,(H,15,16). The Morgan fingerprint density at radius 2 is 2.12 bits per heavy atom. The van der Waals surface area contributed by atoms with Crippen LogP contribution in [0.5, 0.6) is 0 Å². The van der Waals surface area contributed by atoms with E-state index < -0.39 is 0 Å². The summed E-state index contributed by atoms with van der Waals surface area (Å²) < 4.78 is 0. The van der Waals surface area contributed by atoms with Gasteiger partial charge >= 0.3 is 0 Å². The Kier molecular flexibility index (Phi) is 2.97. The van der Waals surface area contributed by atoms with E-state index in [1.807, 2.05) is 31.2 Å². The monoisotopic (exact) mass is 218 g/mol. The van der Waals surface area contributed by atoms with Gasteiger partial charge in [0.15, 0.2) is 0 Å². The van der Waals surface area contributed by atoms with Crippen molar-refractivity contribution >= 4 is 5.91 Å². The van der Waals surface area contributed by atoms with Crippen LogP contribution in [0.2, 0.25) is 0 Å². The van der Waals surface area contributed by atoms with Crippen LogP contribution in [0.3, 0.4) is 0 Å². The molecular weight excluding hydrogens is 200 g/mol. The molecule has 0 unspecified atom stereocenters. The van der Waals surface area contributed by atoms with Gasteiger partial charge in [-0.05, 0) is 30.9 Å². The predicted molar refractivity (Wildman–Crippen MR) is 64.0 cm³/mol. The van der Waals surface area contributed by atoms with Gasteiger partial charge in [-0.1, -0.05) is 24.3 Å². The molecule has 0 aromatic heterocycles. The molecule has 3 N–H and O–H groups in total. The maximum atomic E-state index is 11.8. The highest BCUT2D eigenvalue weighted by Gasteiger charge is 2.42. The average molecular weight is 218 g/mol. The van der Waals surface area contributed by atoms with Crippen molar-refractivity contribution in [1.29, 1.82) is 0 Å². The normalized spacial score (nSPS) is 16.9. The van der Waals surface area contributed by atoms with Crippen molar-refractivity contribution in [3.8, 4) is 0 Å². The molecule has 0 saturated heterocycles.